The van der Waals surface area contributed by atoms with Crippen molar-refractivity contribution in [2.24, 2.45) is 0 Å². The predicted octanol–water partition coefficient (Wildman–Crippen LogP) is 7.49. The number of rotatable bonds is 11. The maximum Gasteiger partial charge on any atom is 0.264 e. The van der Waals surface area contributed by atoms with Crippen molar-refractivity contribution in [3.8, 4) is 0 Å². The molecule has 2 amide bonds. The van der Waals surface area contributed by atoms with Gasteiger partial charge in [-0.25, -0.2) is 8.42 Å². The van der Waals surface area contributed by atoms with Gasteiger partial charge >= 0.3 is 0 Å². The molecule has 1 fully saturated rings. The summed E-state index contributed by atoms with van der Waals surface area (Å²) >= 11 is 12.4. The van der Waals surface area contributed by atoms with Gasteiger partial charge in [-0.15, -0.1) is 0 Å². The minimum absolute atomic E-state index is 0.0414. The number of amides is 2. The van der Waals surface area contributed by atoms with Crippen LogP contribution >= 0.6 is 23.2 Å². The van der Waals surface area contributed by atoms with E-state index in [9.17, 15) is 18.0 Å². The standard InChI is InChI=1S/C34H41Cl2N3O4S/c1-23(2)27-13-15-29(16-14-27)39(44(42,43)30-17-10-24(3)11-18-30)22-33(40)38(21-26-12-19-31(35)32(36)20-26)25(4)34(41)37-28-8-6-5-7-9-28/h10-20,23,25,28H,5-9,21-22H2,1-4H3,(H,37,41)/t25-/m1/s1. The number of carbonyl (C=O) groups is 2. The highest BCUT2D eigenvalue weighted by Crippen LogP contribution is 2.28. The third-order valence-corrected chi connectivity index (χ3v) is 10.7. The molecule has 0 radical (unpaired) electrons. The first-order valence-corrected chi connectivity index (χ1v) is 17.3. The molecule has 1 N–H and O–H groups in total. The van der Waals surface area contributed by atoms with Gasteiger partial charge in [-0.2, -0.15) is 0 Å². The third-order valence-electron chi connectivity index (χ3n) is 8.19. The predicted molar refractivity (Wildman–Crippen MR) is 178 cm³/mol. The summed E-state index contributed by atoms with van der Waals surface area (Å²) in [4.78, 5) is 29.2. The van der Waals surface area contributed by atoms with Crippen LogP contribution < -0.4 is 9.62 Å². The van der Waals surface area contributed by atoms with Crippen LogP contribution in [-0.4, -0.2) is 43.8 Å². The van der Waals surface area contributed by atoms with Crippen LogP contribution in [0.5, 0.6) is 0 Å². The van der Waals surface area contributed by atoms with Crippen LogP contribution in [0.25, 0.3) is 0 Å². The summed E-state index contributed by atoms with van der Waals surface area (Å²) in [5, 5.41) is 3.81. The molecule has 1 saturated carbocycles. The average molecular weight is 659 g/mol. The first-order chi connectivity index (χ1) is 20.9. The molecule has 7 nitrogen and oxygen atoms in total. The van der Waals surface area contributed by atoms with Crippen LogP contribution in [0.2, 0.25) is 10.0 Å². The Bertz CT molecular complexity index is 1550. The van der Waals surface area contributed by atoms with Crippen molar-refractivity contribution in [3.63, 3.8) is 0 Å². The quantitative estimate of drug-likeness (QED) is 0.231. The van der Waals surface area contributed by atoms with E-state index in [0.29, 0.717) is 21.3 Å². The number of hydrogen-bond acceptors (Lipinski definition) is 4. The van der Waals surface area contributed by atoms with Crippen LogP contribution in [0, 0.1) is 6.92 Å². The Morgan fingerprint density at radius 1 is 0.886 bits per heavy atom. The minimum Gasteiger partial charge on any atom is -0.352 e. The zero-order valence-electron chi connectivity index (χ0n) is 25.7. The molecule has 1 aliphatic rings. The van der Waals surface area contributed by atoms with Crippen molar-refractivity contribution < 1.29 is 18.0 Å². The molecule has 4 rings (SSSR count). The summed E-state index contributed by atoms with van der Waals surface area (Å²) in [5.74, 6) is -0.552. The van der Waals surface area contributed by atoms with Gasteiger partial charge < -0.3 is 10.2 Å². The second-order valence-corrected chi connectivity index (χ2v) is 14.5. The third kappa shape index (κ3) is 8.34. The fraction of sp³-hybridized carbons (Fsp3) is 0.412. The van der Waals surface area contributed by atoms with Crippen molar-refractivity contribution in [2.75, 3.05) is 10.8 Å². The number of halogens is 2. The molecule has 0 aliphatic heterocycles. The molecule has 236 valence electrons. The summed E-state index contributed by atoms with van der Waals surface area (Å²) in [6.45, 7) is 7.20. The molecule has 44 heavy (non-hydrogen) atoms. The number of hydrogen-bond donors (Lipinski definition) is 1. The van der Waals surface area contributed by atoms with Crippen LogP contribution in [-0.2, 0) is 26.2 Å². The summed E-state index contributed by atoms with van der Waals surface area (Å²) in [6.07, 6.45) is 5.04. The second-order valence-electron chi connectivity index (χ2n) is 11.9. The molecular weight excluding hydrogens is 617 g/mol. The van der Waals surface area contributed by atoms with Crippen molar-refractivity contribution in [1.82, 2.24) is 10.2 Å². The SMILES string of the molecule is Cc1ccc(S(=O)(=O)N(CC(=O)N(Cc2ccc(Cl)c(Cl)c2)[C@H](C)C(=O)NC2CCCCC2)c2ccc(C(C)C)cc2)cc1. The molecule has 1 aliphatic carbocycles. The molecule has 3 aromatic rings. The van der Waals surface area contributed by atoms with E-state index in [0.717, 1.165) is 47.5 Å². The van der Waals surface area contributed by atoms with Gasteiger partial charge in [0.2, 0.25) is 11.8 Å². The largest absolute Gasteiger partial charge is 0.352 e. The number of nitrogens with zero attached hydrogens (tertiary/aromatic N) is 2. The van der Waals surface area contributed by atoms with Crippen molar-refractivity contribution >= 4 is 50.7 Å². The van der Waals surface area contributed by atoms with E-state index in [1.807, 2.05) is 19.1 Å². The zero-order chi connectivity index (χ0) is 32.0. The highest BCUT2D eigenvalue weighted by molar-refractivity contribution is 7.92. The lowest BCUT2D eigenvalue weighted by atomic mass is 9.95. The highest BCUT2D eigenvalue weighted by atomic mass is 35.5. The van der Waals surface area contributed by atoms with E-state index >= 15 is 0 Å². The number of aryl methyl sites for hydroxylation is 1. The Hall–Kier alpha value is -3.07. The number of nitrogens with one attached hydrogen (secondary N) is 1. The second kappa shape index (κ2) is 14.8. The van der Waals surface area contributed by atoms with Gasteiger partial charge in [-0.3, -0.25) is 13.9 Å². The maximum atomic E-state index is 14.2. The van der Waals surface area contributed by atoms with E-state index in [1.54, 1.807) is 61.5 Å². The minimum atomic E-state index is -4.14. The molecule has 0 unspecified atom stereocenters. The Morgan fingerprint density at radius 3 is 2.11 bits per heavy atom. The summed E-state index contributed by atoms with van der Waals surface area (Å²) in [6, 6.07) is 17.9. The first-order valence-electron chi connectivity index (χ1n) is 15.1. The lowest BCUT2D eigenvalue weighted by Gasteiger charge is -2.33. The Labute approximate surface area is 271 Å². The van der Waals surface area contributed by atoms with E-state index in [4.69, 9.17) is 23.2 Å². The van der Waals surface area contributed by atoms with Gasteiger partial charge in [0.15, 0.2) is 0 Å². The molecule has 0 saturated heterocycles. The zero-order valence-corrected chi connectivity index (χ0v) is 28.1. The average Bonchev–Trinajstić information content (AvgIpc) is 3.00. The summed E-state index contributed by atoms with van der Waals surface area (Å²) in [5.41, 5.74) is 2.98. The molecule has 10 heteroatoms. The Morgan fingerprint density at radius 2 is 1.52 bits per heavy atom. The van der Waals surface area contributed by atoms with Gasteiger partial charge in [0, 0.05) is 12.6 Å². The molecular formula is C34H41Cl2N3O4S. The smallest absolute Gasteiger partial charge is 0.264 e. The van der Waals surface area contributed by atoms with Gasteiger partial charge in [0.25, 0.3) is 10.0 Å². The number of carbonyl (C=O) groups excluding carboxylic acids is 2. The van der Waals surface area contributed by atoms with Gasteiger partial charge in [-0.1, -0.05) is 92.2 Å². The van der Waals surface area contributed by atoms with Crippen LogP contribution in [0.1, 0.15) is 75.5 Å². The lowest BCUT2D eigenvalue weighted by Crippen LogP contribution is -2.53. The Kier molecular flexibility index (Phi) is 11.4. The molecule has 0 heterocycles. The van der Waals surface area contributed by atoms with E-state index in [-0.39, 0.29) is 29.3 Å². The number of anilines is 1. The fourth-order valence-electron chi connectivity index (χ4n) is 5.38. The molecule has 0 spiro atoms. The van der Waals surface area contributed by atoms with Crippen molar-refractivity contribution in [3.05, 3.63) is 93.5 Å². The lowest BCUT2D eigenvalue weighted by molar-refractivity contribution is -0.139. The molecule has 1 atom stereocenters. The first kappa shape index (κ1) is 33.8. The van der Waals surface area contributed by atoms with Crippen LogP contribution in [0.15, 0.2) is 71.6 Å². The molecule has 0 aromatic heterocycles. The monoisotopic (exact) mass is 657 g/mol. The summed E-state index contributed by atoms with van der Waals surface area (Å²) < 4.78 is 29.3. The number of sulfonamides is 1. The van der Waals surface area contributed by atoms with Crippen LogP contribution in [0.3, 0.4) is 0 Å². The topological polar surface area (TPSA) is 86.8 Å². The van der Waals surface area contributed by atoms with Crippen molar-refractivity contribution in [1.29, 1.82) is 0 Å². The van der Waals surface area contributed by atoms with E-state index in [2.05, 4.69) is 19.2 Å². The van der Waals surface area contributed by atoms with Crippen LogP contribution in [0.4, 0.5) is 5.69 Å². The van der Waals surface area contributed by atoms with Gasteiger partial charge in [0.05, 0.1) is 20.6 Å². The van der Waals surface area contributed by atoms with Gasteiger partial charge in [0.1, 0.15) is 12.6 Å². The maximum absolute atomic E-state index is 14.2. The number of benzene rings is 3. The van der Waals surface area contributed by atoms with Crippen molar-refractivity contribution in [2.45, 2.75) is 89.2 Å². The van der Waals surface area contributed by atoms with E-state index in [1.165, 1.54) is 4.90 Å². The fourth-order valence-corrected chi connectivity index (χ4v) is 7.11. The molecule has 0 bridgehead atoms. The molecule has 3 aromatic carbocycles. The van der Waals surface area contributed by atoms with E-state index < -0.39 is 28.5 Å². The highest BCUT2D eigenvalue weighted by Gasteiger charge is 2.33. The Balaban J connectivity index is 1.70. The summed E-state index contributed by atoms with van der Waals surface area (Å²) in [7, 11) is -4.14. The normalized spacial score (nSPS) is 14.7. The van der Waals surface area contributed by atoms with Gasteiger partial charge in [-0.05, 0) is 80.1 Å².